The third-order valence-corrected chi connectivity index (χ3v) is 4.49. The molecule has 0 aliphatic heterocycles. The van der Waals surface area contributed by atoms with E-state index in [4.69, 9.17) is 44.8 Å². The van der Waals surface area contributed by atoms with Gasteiger partial charge in [0.1, 0.15) is 20.9 Å². The first kappa shape index (κ1) is 20.1. The summed E-state index contributed by atoms with van der Waals surface area (Å²) in [6.45, 7) is 5.23. The van der Waals surface area contributed by atoms with Gasteiger partial charge in [0.2, 0.25) is 0 Å². The zero-order valence-corrected chi connectivity index (χ0v) is 16.2. The number of aromatic nitrogens is 2. The van der Waals surface area contributed by atoms with Crippen molar-refractivity contribution < 1.29 is 9.53 Å². The van der Waals surface area contributed by atoms with Crippen molar-refractivity contribution >= 4 is 63.4 Å². The third-order valence-electron chi connectivity index (χ3n) is 1.96. The topological polar surface area (TPSA) is 75.9 Å². The summed E-state index contributed by atoms with van der Waals surface area (Å²) in [7, 11) is 0. The monoisotopic (exact) mass is 411 g/mol. The fourth-order valence-corrected chi connectivity index (χ4v) is 3.12. The summed E-state index contributed by atoms with van der Waals surface area (Å²) in [4.78, 5) is 19.2. The van der Waals surface area contributed by atoms with Crippen LogP contribution in [0.1, 0.15) is 31.7 Å². The molecule has 2 rings (SSSR count). The van der Waals surface area contributed by atoms with E-state index in [2.05, 4.69) is 9.97 Å². The molecule has 0 N–H and O–H groups in total. The SMILES string of the molecule is CC(C)(C)OC(=O)C(C#N)c1nc(Cl)cs1.Clc1csc(Cl)n1. The van der Waals surface area contributed by atoms with Crippen LogP contribution in [-0.2, 0) is 9.53 Å². The first-order chi connectivity index (χ1) is 10.6. The number of ether oxygens (including phenoxy) is 1. The number of carbonyl (C=O) groups excluding carboxylic acids is 1. The van der Waals surface area contributed by atoms with Gasteiger partial charge in [0.05, 0.1) is 6.07 Å². The second-order valence-electron chi connectivity index (χ2n) is 5.03. The molecule has 124 valence electrons. The van der Waals surface area contributed by atoms with Crippen LogP contribution < -0.4 is 0 Å². The lowest BCUT2D eigenvalue weighted by atomic mass is 10.1. The number of thiazole rings is 2. The summed E-state index contributed by atoms with van der Waals surface area (Å²) in [6, 6.07) is 1.87. The third kappa shape index (κ3) is 7.46. The Bertz CT molecular complexity index is 687. The van der Waals surface area contributed by atoms with E-state index in [1.54, 1.807) is 31.5 Å². The Hall–Kier alpha value is -0.910. The number of nitrogens with zero attached hydrogens (tertiary/aromatic N) is 3. The maximum atomic E-state index is 11.7. The lowest BCUT2D eigenvalue weighted by Crippen LogP contribution is -2.27. The number of halogens is 3. The highest BCUT2D eigenvalue weighted by atomic mass is 35.5. The number of hydrogen-bond acceptors (Lipinski definition) is 7. The van der Waals surface area contributed by atoms with E-state index in [0.29, 0.717) is 14.6 Å². The first-order valence-electron chi connectivity index (χ1n) is 6.12. The van der Waals surface area contributed by atoms with Crippen LogP contribution in [0, 0.1) is 11.3 Å². The van der Waals surface area contributed by atoms with Crippen molar-refractivity contribution in [3.63, 3.8) is 0 Å². The molecule has 0 saturated heterocycles. The van der Waals surface area contributed by atoms with Gasteiger partial charge in [-0.2, -0.15) is 5.26 Å². The van der Waals surface area contributed by atoms with E-state index >= 15 is 0 Å². The Morgan fingerprint density at radius 1 is 1.22 bits per heavy atom. The van der Waals surface area contributed by atoms with Crippen molar-refractivity contribution in [1.29, 1.82) is 5.26 Å². The quantitative estimate of drug-likeness (QED) is 0.634. The van der Waals surface area contributed by atoms with Crippen molar-refractivity contribution in [2.75, 3.05) is 0 Å². The van der Waals surface area contributed by atoms with Gasteiger partial charge in [-0.1, -0.05) is 34.8 Å². The maximum Gasteiger partial charge on any atom is 0.330 e. The molecule has 0 saturated carbocycles. The molecule has 0 bridgehead atoms. The molecule has 2 heterocycles. The molecule has 0 spiro atoms. The van der Waals surface area contributed by atoms with Crippen LogP contribution in [0.2, 0.25) is 14.8 Å². The maximum absolute atomic E-state index is 11.7. The van der Waals surface area contributed by atoms with E-state index in [9.17, 15) is 4.79 Å². The van der Waals surface area contributed by atoms with Crippen LogP contribution in [0.15, 0.2) is 10.8 Å². The molecule has 1 unspecified atom stereocenters. The molecule has 0 fully saturated rings. The summed E-state index contributed by atoms with van der Waals surface area (Å²) in [6.07, 6.45) is 0. The van der Waals surface area contributed by atoms with Crippen molar-refractivity contribution in [3.8, 4) is 6.07 Å². The molecule has 2 aromatic rings. The molecule has 10 heteroatoms. The minimum absolute atomic E-state index is 0.281. The van der Waals surface area contributed by atoms with Gasteiger partial charge in [0.25, 0.3) is 0 Å². The Labute approximate surface area is 156 Å². The lowest BCUT2D eigenvalue weighted by molar-refractivity contribution is -0.155. The zero-order valence-electron chi connectivity index (χ0n) is 12.3. The van der Waals surface area contributed by atoms with E-state index in [1.165, 1.54) is 22.7 Å². The number of nitriles is 1. The minimum Gasteiger partial charge on any atom is -0.459 e. The minimum atomic E-state index is -1.00. The van der Waals surface area contributed by atoms with Crippen LogP contribution in [0.25, 0.3) is 0 Å². The molecule has 0 amide bonds. The van der Waals surface area contributed by atoms with E-state index < -0.39 is 17.5 Å². The Balaban J connectivity index is 0.000000313. The largest absolute Gasteiger partial charge is 0.459 e. The summed E-state index contributed by atoms with van der Waals surface area (Å²) < 4.78 is 5.61. The van der Waals surface area contributed by atoms with E-state index in [-0.39, 0.29) is 5.15 Å². The van der Waals surface area contributed by atoms with Crippen LogP contribution in [-0.4, -0.2) is 21.5 Å². The van der Waals surface area contributed by atoms with Gasteiger partial charge in [0, 0.05) is 10.8 Å². The van der Waals surface area contributed by atoms with Gasteiger partial charge in [-0.3, -0.25) is 4.79 Å². The standard InChI is InChI=1S/C10H11ClN2O2S.C3HCl2NS/c1-10(2,3)15-9(14)6(4-12)8-13-7(11)5-16-8;4-2-1-7-3(5)6-2/h5-6H,1-3H3;1H. The van der Waals surface area contributed by atoms with E-state index in [1.807, 2.05) is 6.07 Å². The Kier molecular flexibility index (Phi) is 7.71. The zero-order chi connectivity index (χ0) is 17.6. The van der Waals surface area contributed by atoms with Crippen LogP contribution in [0.5, 0.6) is 0 Å². The highest BCUT2D eigenvalue weighted by molar-refractivity contribution is 7.14. The summed E-state index contributed by atoms with van der Waals surface area (Å²) >= 11 is 18.9. The van der Waals surface area contributed by atoms with Crippen molar-refractivity contribution in [1.82, 2.24) is 9.97 Å². The second kappa shape index (κ2) is 8.81. The molecular formula is C13H12Cl3N3O2S2. The smallest absolute Gasteiger partial charge is 0.330 e. The average molecular weight is 413 g/mol. The molecule has 0 aliphatic rings. The molecule has 0 aromatic carbocycles. The Morgan fingerprint density at radius 3 is 2.09 bits per heavy atom. The molecular weight excluding hydrogens is 401 g/mol. The molecule has 0 radical (unpaired) electrons. The highest BCUT2D eigenvalue weighted by Gasteiger charge is 2.28. The summed E-state index contributed by atoms with van der Waals surface area (Å²) in [5.41, 5.74) is -0.618. The van der Waals surface area contributed by atoms with Crippen LogP contribution in [0.4, 0.5) is 0 Å². The number of rotatable bonds is 2. The van der Waals surface area contributed by atoms with E-state index in [0.717, 1.165) is 0 Å². The van der Waals surface area contributed by atoms with Crippen molar-refractivity contribution in [3.05, 3.63) is 30.5 Å². The van der Waals surface area contributed by atoms with Crippen LogP contribution >= 0.6 is 57.5 Å². The normalized spacial score (nSPS) is 11.9. The van der Waals surface area contributed by atoms with Gasteiger partial charge in [-0.05, 0) is 20.8 Å². The summed E-state index contributed by atoms with van der Waals surface area (Å²) in [5.74, 6) is -1.60. The Morgan fingerprint density at radius 2 is 1.78 bits per heavy atom. The predicted octanol–water partition coefficient (Wildman–Crippen LogP) is 5.20. The fourth-order valence-electron chi connectivity index (χ4n) is 1.20. The van der Waals surface area contributed by atoms with Gasteiger partial charge in [-0.25, -0.2) is 9.97 Å². The second-order valence-corrected chi connectivity index (χ2v) is 8.13. The van der Waals surface area contributed by atoms with Gasteiger partial charge >= 0.3 is 5.97 Å². The number of carbonyl (C=O) groups is 1. The highest BCUT2D eigenvalue weighted by Crippen LogP contribution is 2.25. The molecule has 5 nitrogen and oxygen atoms in total. The molecule has 2 aromatic heterocycles. The fraction of sp³-hybridized carbons (Fsp3) is 0.385. The van der Waals surface area contributed by atoms with Gasteiger partial charge in [0.15, 0.2) is 10.4 Å². The van der Waals surface area contributed by atoms with Crippen molar-refractivity contribution in [2.24, 2.45) is 0 Å². The predicted molar refractivity (Wildman–Crippen MR) is 93.5 cm³/mol. The van der Waals surface area contributed by atoms with Gasteiger partial charge < -0.3 is 4.74 Å². The average Bonchev–Trinajstić information content (AvgIpc) is 2.98. The van der Waals surface area contributed by atoms with Gasteiger partial charge in [-0.15, -0.1) is 22.7 Å². The van der Waals surface area contributed by atoms with Crippen LogP contribution in [0.3, 0.4) is 0 Å². The number of esters is 1. The summed E-state index contributed by atoms with van der Waals surface area (Å²) in [5, 5.41) is 13.3. The lowest BCUT2D eigenvalue weighted by Gasteiger charge is -2.20. The van der Waals surface area contributed by atoms with Crippen molar-refractivity contribution in [2.45, 2.75) is 32.3 Å². The number of hydrogen-bond donors (Lipinski definition) is 0. The first-order valence-corrected chi connectivity index (χ1v) is 9.01. The molecule has 0 aliphatic carbocycles. The molecule has 1 atom stereocenters. The molecule has 23 heavy (non-hydrogen) atoms.